The summed E-state index contributed by atoms with van der Waals surface area (Å²) in [5, 5.41) is 15.5. The van der Waals surface area contributed by atoms with Crippen LogP contribution in [0.15, 0.2) is 29.3 Å². The molecule has 0 saturated carbocycles. The van der Waals surface area contributed by atoms with E-state index in [0.717, 1.165) is 50.7 Å². The lowest BCUT2D eigenvalue weighted by Crippen LogP contribution is -2.37. The molecule has 1 aliphatic rings. The van der Waals surface area contributed by atoms with Gasteiger partial charge in [-0.15, -0.1) is 10.2 Å². The van der Waals surface area contributed by atoms with Crippen LogP contribution in [0.2, 0.25) is 0 Å². The van der Waals surface area contributed by atoms with Gasteiger partial charge in [0.25, 0.3) is 0 Å². The van der Waals surface area contributed by atoms with Gasteiger partial charge in [0.15, 0.2) is 5.96 Å². The Morgan fingerprint density at radius 1 is 1.19 bits per heavy atom. The van der Waals surface area contributed by atoms with Gasteiger partial charge in [0, 0.05) is 39.5 Å². The minimum absolute atomic E-state index is 0.777. The molecule has 0 spiro atoms. The van der Waals surface area contributed by atoms with Gasteiger partial charge < -0.3 is 15.2 Å². The van der Waals surface area contributed by atoms with E-state index >= 15 is 0 Å². The summed E-state index contributed by atoms with van der Waals surface area (Å²) in [6, 6.07) is 8.52. The summed E-state index contributed by atoms with van der Waals surface area (Å²) in [6.07, 6.45) is 6.82. The summed E-state index contributed by atoms with van der Waals surface area (Å²) in [6.45, 7) is 4.83. The second kappa shape index (κ2) is 9.36. The van der Waals surface area contributed by atoms with Gasteiger partial charge in [0.1, 0.15) is 11.6 Å². The molecule has 6 heteroatoms. The number of nitrogens with zero attached hydrogens (tertiary/aromatic N) is 4. The van der Waals surface area contributed by atoms with Crippen LogP contribution >= 0.6 is 0 Å². The van der Waals surface area contributed by atoms with Gasteiger partial charge in [-0.05, 0) is 31.7 Å². The maximum atomic E-state index is 4.40. The number of aryl methyl sites for hydroxylation is 3. The fourth-order valence-corrected chi connectivity index (χ4v) is 3.41. The highest BCUT2D eigenvalue weighted by atomic mass is 15.3. The Kier molecular flexibility index (Phi) is 6.63. The van der Waals surface area contributed by atoms with Crippen molar-refractivity contribution < 1.29 is 0 Å². The third kappa shape index (κ3) is 5.07. The van der Waals surface area contributed by atoms with E-state index in [1.54, 1.807) is 0 Å². The zero-order valence-electron chi connectivity index (χ0n) is 16.0. The summed E-state index contributed by atoms with van der Waals surface area (Å²) < 4.78 is 2.33. The maximum Gasteiger partial charge on any atom is 0.191 e. The van der Waals surface area contributed by atoms with Gasteiger partial charge in [0.2, 0.25) is 0 Å². The highest BCUT2D eigenvalue weighted by Gasteiger charge is 2.14. The molecule has 2 aromatic rings. The number of guanidine groups is 1. The van der Waals surface area contributed by atoms with Crippen molar-refractivity contribution in [3.05, 3.63) is 47.0 Å². The molecule has 0 bridgehead atoms. The largest absolute Gasteiger partial charge is 0.356 e. The Morgan fingerprint density at radius 2 is 2.12 bits per heavy atom. The topological polar surface area (TPSA) is 67.1 Å². The van der Waals surface area contributed by atoms with Crippen LogP contribution < -0.4 is 10.6 Å². The van der Waals surface area contributed by atoms with E-state index in [9.17, 15) is 0 Å². The lowest BCUT2D eigenvalue weighted by molar-refractivity contribution is 0.594. The first-order valence-electron chi connectivity index (χ1n) is 9.67. The summed E-state index contributed by atoms with van der Waals surface area (Å²) in [5.41, 5.74) is 2.54. The number of aliphatic imine (C=N–C) groups is 1. The van der Waals surface area contributed by atoms with Gasteiger partial charge in [-0.25, -0.2) is 0 Å². The minimum atomic E-state index is 0.777. The molecule has 0 amide bonds. The number of fused-ring (bicyclic) bond motifs is 1. The standard InChI is InChI=1S/C20H30N6/c1-16-8-6-9-17(14-16)15-23-20(21-2)22-12-7-11-19-25-24-18-10-4-3-5-13-26(18)19/h6,8-9,14H,3-5,7,10-13,15H2,1-2H3,(H2,21,22,23). The second-order valence-corrected chi connectivity index (χ2v) is 6.94. The molecule has 1 aliphatic heterocycles. The molecule has 26 heavy (non-hydrogen) atoms. The molecule has 0 atom stereocenters. The van der Waals surface area contributed by atoms with Crippen molar-refractivity contribution in [1.82, 2.24) is 25.4 Å². The van der Waals surface area contributed by atoms with Crippen molar-refractivity contribution >= 4 is 5.96 Å². The SMILES string of the molecule is CN=C(NCCCc1nnc2n1CCCCC2)NCc1cccc(C)c1. The van der Waals surface area contributed by atoms with Gasteiger partial charge in [-0.3, -0.25) is 4.99 Å². The zero-order chi connectivity index (χ0) is 18.2. The van der Waals surface area contributed by atoms with E-state index in [0.29, 0.717) is 0 Å². The molecule has 0 radical (unpaired) electrons. The van der Waals surface area contributed by atoms with Gasteiger partial charge in [-0.2, -0.15) is 0 Å². The fourth-order valence-electron chi connectivity index (χ4n) is 3.41. The molecular formula is C20H30N6. The van der Waals surface area contributed by atoms with Crippen LogP contribution in [0.3, 0.4) is 0 Å². The Bertz CT molecular complexity index is 734. The number of rotatable bonds is 6. The summed E-state index contributed by atoms with van der Waals surface area (Å²) in [4.78, 5) is 4.30. The monoisotopic (exact) mass is 354 g/mol. The lowest BCUT2D eigenvalue weighted by atomic mass is 10.1. The first-order valence-corrected chi connectivity index (χ1v) is 9.67. The maximum absolute atomic E-state index is 4.40. The van der Waals surface area contributed by atoms with Crippen LogP contribution in [0.5, 0.6) is 0 Å². The van der Waals surface area contributed by atoms with E-state index in [4.69, 9.17) is 0 Å². The molecule has 2 heterocycles. The lowest BCUT2D eigenvalue weighted by Gasteiger charge is -2.12. The highest BCUT2D eigenvalue weighted by molar-refractivity contribution is 5.79. The summed E-state index contributed by atoms with van der Waals surface area (Å²) in [5.74, 6) is 3.14. The third-order valence-electron chi connectivity index (χ3n) is 4.82. The van der Waals surface area contributed by atoms with Crippen molar-refractivity contribution in [2.75, 3.05) is 13.6 Å². The Balaban J connectivity index is 1.41. The first-order chi connectivity index (χ1) is 12.8. The van der Waals surface area contributed by atoms with Crippen LogP contribution in [-0.2, 0) is 25.9 Å². The highest BCUT2D eigenvalue weighted by Crippen LogP contribution is 2.15. The molecule has 6 nitrogen and oxygen atoms in total. The Hall–Kier alpha value is -2.37. The molecule has 0 aliphatic carbocycles. The van der Waals surface area contributed by atoms with Crippen LogP contribution in [0.4, 0.5) is 0 Å². The minimum Gasteiger partial charge on any atom is -0.356 e. The number of aromatic nitrogens is 3. The molecule has 0 saturated heterocycles. The van der Waals surface area contributed by atoms with E-state index in [1.807, 2.05) is 7.05 Å². The number of benzene rings is 1. The van der Waals surface area contributed by atoms with E-state index in [1.165, 1.54) is 36.2 Å². The number of hydrogen-bond donors (Lipinski definition) is 2. The van der Waals surface area contributed by atoms with Crippen LogP contribution in [0.1, 0.15) is 48.5 Å². The van der Waals surface area contributed by atoms with Crippen molar-refractivity contribution in [2.45, 2.75) is 58.5 Å². The molecule has 3 rings (SSSR count). The molecule has 140 valence electrons. The third-order valence-corrected chi connectivity index (χ3v) is 4.82. The van der Waals surface area contributed by atoms with Crippen molar-refractivity contribution in [3.63, 3.8) is 0 Å². The predicted octanol–water partition coefficient (Wildman–Crippen LogP) is 2.61. The van der Waals surface area contributed by atoms with Crippen molar-refractivity contribution in [1.29, 1.82) is 0 Å². The second-order valence-electron chi connectivity index (χ2n) is 6.94. The van der Waals surface area contributed by atoms with Crippen LogP contribution in [0.25, 0.3) is 0 Å². The molecule has 0 fully saturated rings. The molecular weight excluding hydrogens is 324 g/mol. The molecule has 0 unspecified atom stereocenters. The van der Waals surface area contributed by atoms with E-state index in [2.05, 4.69) is 61.6 Å². The average molecular weight is 355 g/mol. The smallest absolute Gasteiger partial charge is 0.191 e. The van der Waals surface area contributed by atoms with Crippen molar-refractivity contribution in [2.24, 2.45) is 4.99 Å². The van der Waals surface area contributed by atoms with Crippen LogP contribution in [0, 0.1) is 6.92 Å². The summed E-state index contributed by atoms with van der Waals surface area (Å²) in [7, 11) is 1.81. The normalized spacial score (nSPS) is 14.6. The molecule has 1 aromatic carbocycles. The Labute approximate surface area is 156 Å². The van der Waals surface area contributed by atoms with E-state index in [-0.39, 0.29) is 0 Å². The van der Waals surface area contributed by atoms with Gasteiger partial charge in [0.05, 0.1) is 0 Å². The molecule has 1 aromatic heterocycles. The average Bonchev–Trinajstić information content (AvgIpc) is 2.87. The quantitative estimate of drug-likeness (QED) is 0.475. The Morgan fingerprint density at radius 3 is 2.96 bits per heavy atom. The first kappa shape index (κ1) is 18.4. The molecule has 2 N–H and O–H groups in total. The summed E-state index contributed by atoms with van der Waals surface area (Å²) >= 11 is 0. The number of hydrogen-bond acceptors (Lipinski definition) is 3. The fraction of sp³-hybridized carbons (Fsp3) is 0.550. The van der Waals surface area contributed by atoms with Gasteiger partial charge >= 0.3 is 0 Å². The van der Waals surface area contributed by atoms with Crippen LogP contribution in [-0.4, -0.2) is 34.3 Å². The predicted molar refractivity (Wildman–Crippen MR) is 105 cm³/mol. The number of nitrogens with one attached hydrogen (secondary N) is 2. The zero-order valence-corrected chi connectivity index (χ0v) is 16.0. The van der Waals surface area contributed by atoms with Gasteiger partial charge in [-0.1, -0.05) is 36.2 Å². The van der Waals surface area contributed by atoms with Crippen molar-refractivity contribution in [3.8, 4) is 0 Å². The van der Waals surface area contributed by atoms with E-state index < -0.39 is 0 Å².